The molecule has 0 unspecified atom stereocenters. The molecule has 0 N–H and O–H groups in total. The fourth-order valence-electron chi connectivity index (χ4n) is 2.92. The number of imide groups is 1. The molecular formula is C19H14BrN3O2. The molecule has 0 radical (unpaired) electrons. The second-order valence-electron chi connectivity index (χ2n) is 5.76. The number of halogens is 1. The van der Waals surface area contributed by atoms with Gasteiger partial charge >= 0.3 is 0 Å². The molecule has 25 heavy (non-hydrogen) atoms. The molecule has 2 heterocycles. The summed E-state index contributed by atoms with van der Waals surface area (Å²) in [5.74, 6) is -0.474. The van der Waals surface area contributed by atoms with Gasteiger partial charge in [0.15, 0.2) is 0 Å². The number of allylic oxidation sites excluding steroid dienone is 1. The Kier molecular flexibility index (Phi) is 3.97. The fraction of sp³-hybridized carbons (Fsp3) is 0.105. The maximum Gasteiger partial charge on any atom is 0.261 e. The molecular weight excluding hydrogens is 382 g/mol. The molecule has 0 fully saturated rings. The van der Waals surface area contributed by atoms with Gasteiger partial charge in [0.05, 0.1) is 23.2 Å². The molecule has 2 amide bonds. The Bertz CT molecular complexity index is 987. The van der Waals surface area contributed by atoms with Crippen molar-refractivity contribution in [2.45, 2.75) is 6.54 Å². The number of fused-ring (bicyclic) bond motifs is 2. The van der Waals surface area contributed by atoms with Crippen LogP contribution in [-0.2, 0) is 6.54 Å². The average molecular weight is 396 g/mol. The molecule has 0 spiro atoms. The highest BCUT2D eigenvalue weighted by molar-refractivity contribution is 9.10. The number of aromatic nitrogens is 2. The van der Waals surface area contributed by atoms with E-state index in [0.717, 1.165) is 15.4 Å². The van der Waals surface area contributed by atoms with Gasteiger partial charge < -0.3 is 0 Å². The summed E-state index contributed by atoms with van der Waals surface area (Å²) in [7, 11) is 0. The zero-order chi connectivity index (χ0) is 17.4. The van der Waals surface area contributed by atoms with Crippen molar-refractivity contribution in [3.63, 3.8) is 0 Å². The standard InChI is InChI=1S/C19H14BrN3O2/c20-16-8-5-9-17-15(16)12-22(21-17)10-3-4-11-23-18(24)13-6-1-2-7-14(13)19(23)25/h1-9,12H,10-11H2/b4-3+. The minimum Gasteiger partial charge on any atom is -0.270 e. The summed E-state index contributed by atoms with van der Waals surface area (Å²) in [6.45, 7) is 0.834. The molecule has 0 bridgehead atoms. The minimum atomic E-state index is -0.237. The van der Waals surface area contributed by atoms with Crippen molar-refractivity contribution in [1.82, 2.24) is 14.7 Å². The molecule has 124 valence electrons. The second-order valence-corrected chi connectivity index (χ2v) is 6.62. The number of nitrogens with zero attached hydrogens (tertiary/aromatic N) is 3. The Hall–Kier alpha value is -2.73. The molecule has 0 aliphatic carbocycles. The molecule has 6 heteroatoms. The van der Waals surface area contributed by atoms with Crippen molar-refractivity contribution in [2.24, 2.45) is 0 Å². The van der Waals surface area contributed by atoms with E-state index in [9.17, 15) is 9.59 Å². The van der Waals surface area contributed by atoms with Gasteiger partial charge in [-0.2, -0.15) is 5.10 Å². The Labute approximate surface area is 152 Å². The smallest absolute Gasteiger partial charge is 0.261 e. The molecule has 0 saturated carbocycles. The van der Waals surface area contributed by atoms with Crippen LogP contribution < -0.4 is 0 Å². The second kappa shape index (κ2) is 6.29. The van der Waals surface area contributed by atoms with Crippen LogP contribution in [0, 0.1) is 0 Å². The predicted octanol–water partition coefficient (Wildman–Crippen LogP) is 3.65. The van der Waals surface area contributed by atoms with Gasteiger partial charge in [-0.15, -0.1) is 0 Å². The lowest BCUT2D eigenvalue weighted by Crippen LogP contribution is -2.29. The number of benzene rings is 2. The van der Waals surface area contributed by atoms with E-state index < -0.39 is 0 Å². The van der Waals surface area contributed by atoms with Crippen LogP contribution in [0.4, 0.5) is 0 Å². The topological polar surface area (TPSA) is 55.2 Å². The average Bonchev–Trinajstić information content (AvgIpc) is 3.14. The summed E-state index contributed by atoms with van der Waals surface area (Å²) in [6, 6.07) is 12.8. The summed E-state index contributed by atoms with van der Waals surface area (Å²) < 4.78 is 2.83. The number of carbonyl (C=O) groups is 2. The summed E-state index contributed by atoms with van der Waals surface area (Å²) >= 11 is 3.51. The molecule has 5 nitrogen and oxygen atoms in total. The van der Waals surface area contributed by atoms with E-state index in [-0.39, 0.29) is 18.4 Å². The quantitative estimate of drug-likeness (QED) is 0.500. The monoisotopic (exact) mass is 395 g/mol. The number of amides is 2. The highest BCUT2D eigenvalue weighted by atomic mass is 79.9. The third-order valence-corrected chi connectivity index (χ3v) is 4.86. The van der Waals surface area contributed by atoms with Crippen LogP contribution in [0.5, 0.6) is 0 Å². The van der Waals surface area contributed by atoms with Gasteiger partial charge in [-0.3, -0.25) is 19.2 Å². The van der Waals surface area contributed by atoms with E-state index in [0.29, 0.717) is 17.7 Å². The van der Waals surface area contributed by atoms with Crippen LogP contribution in [0.3, 0.4) is 0 Å². The third kappa shape index (κ3) is 2.78. The van der Waals surface area contributed by atoms with Crippen molar-refractivity contribution in [3.8, 4) is 0 Å². The first kappa shape index (κ1) is 15.8. The number of rotatable bonds is 4. The van der Waals surface area contributed by atoms with Crippen LogP contribution in [0.2, 0.25) is 0 Å². The zero-order valence-electron chi connectivity index (χ0n) is 13.2. The summed E-state index contributed by atoms with van der Waals surface area (Å²) in [4.78, 5) is 25.8. The highest BCUT2D eigenvalue weighted by Gasteiger charge is 2.33. The first-order chi connectivity index (χ1) is 12.1. The lowest BCUT2D eigenvalue weighted by molar-refractivity contribution is 0.0672. The summed E-state index contributed by atoms with van der Waals surface area (Å²) in [5.41, 5.74) is 1.87. The van der Waals surface area contributed by atoms with Crippen molar-refractivity contribution in [1.29, 1.82) is 0 Å². The van der Waals surface area contributed by atoms with Gasteiger partial charge in [-0.1, -0.05) is 46.3 Å². The molecule has 1 aromatic heterocycles. The normalized spacial score (nSPS) is 14.0. The van der Waals surface area contributed by atoms with Crippen molar-refractivity contribution < 1.29 is 9.59 Å². The van der Waals surface area contributed by atoms with Gasteiger partial charge in [-0.25, -0.2) is 0 Å². The van der Waals surface area contributed by atoms with E-state index in [1.54, 1.807) is 24.3 Å². The first-order valence-corrected chi connectivity index (χ1v) is 8.66. The van der Waals surface area contributed by atoms with Gasteiger partial charge in [0, 0.05) is 22.6 Å². The van der Waals surface area contributed by atoms with E-state index in [1.807, 2.05) is 41.2 Å². The predicted molar refractivity (Wildman–Crippen MR) is 98.4 cm³/mol. The largest absolute Gasteiger partial charge is 0.270 e. The molecule has 1 aliphatic rings. The lowest BCUT2D eigenvalue weighted by atomic mass is 10.1. The number of carbonyl (C=O) groups excluding carboxylic acids is 2. The van der Waals surface area contributed by atoms with Crippen LogP contribution >= 0.6 is 15.9 Å². The molecule has 1 aliphatic heterocycles. The maximum absolute atomic E-state index is 12.3. The summed E-state index contributed by atoms with van der Waals surface area (Å²) in [6.07, 6.45) is 5.69. The lowest BCUT2D eigenvalue weighted by Gasteiger charge is -2.10. The van der Waals surface area contributed by atoms with Gasteiger partial charge in [0.2, 0.25) is 0 Å². The third-order valence-electron chi connectivity index (χ3n) is 4.17. The van der Waals surface area contributed by atoms with E-state index >= 15 is 0 Å². The summed E-state index contributed by atoms with van der Waals surface area (Å²) in [5, 5.41) is 5.55. The number of hydrogen-bond acceptors (Lipinski definition) is 3. The van der Waals surface area contributed by atoms with Crippen LogP contribution in [0.1, 0.15) is 20.7 Å². The highest BCUT2D eigenvalue weighted by Crippen LogP contribution is 2.23. The van der Waals surface area contributed by atoms with Crippen molar-refractivity contribution in [2.75, 3.05) is 6.54 Å². The van der Waals surface area contributed by atoms with E-state index in [1.165, 1.54) is 4.90 Å². The minimum absolute atomic E-state index is 0.237. The molecule has 3 aromatic rings. The Balaban J connectivity index is 1.44. The molecule has 0 saturated heterocycles. The Morgan fingerprint density at radius 2 is 1.60 bits per heavy atom. The van der Waals surface area contributed by atoms with Crippen LogP contribution in [-0.4, -0.2) is 33.0 Å². The molecule has 0 atom stereocenters. The van der Waals surface area contributed by atoms with Crippen LogP contribution in [0.15, 0.2) is 65.3 Å². The Morgan fingerprint density at radius 3 is 2.28 bits per heavy atom. The van der Waals surface area contributed by atoms with Gasteiger partial charge in [-0.05, 0) is 24.3 Å². The zero-order valence-corrected chi connectivity index (χ0v) is 14.8. The first-order valence-electron chi connectivity index (χ1n) is 7.87. The van der Waals surface area contributed by atoms with Crippen molar-refractivity contribution >= 4 is 38.6 Å². The van der Waals surface area contributed by atoms with E-state index in [2.05, 4.69) is 21.0 Å². The molecule has 2 aromatic carbocycles. The number of hydrogen-bond donors (Lipinski definition) is 0. The van der Waals surface area contributed by atoms with E-state index in [4.69, 9.17) is 0 Å². The maximum atomic E-state index is 12.3. The fourth-order valence-corrected chi connectivity index (χ4v) is 3.38. The van der Waals surface area contributed by atoms with Gasteiger partial charge in [0.25, 0.3) is 11.8 Å². The SMILES string of the molecule is O=C1c2ccccc2C(=O)N1C/C=C/Cn1cc2c(Br)cccc2n1. The van der Waals surface area contributed by atoms with Crippen molar-refractivity contribution in [3.05, 3.63) is 76.4 Å². The molecule has 4 rings (SSSR count). The van der Waals surface area contributed by atoms with Gasteiger partial charge in [0.1, 0.15) is 0 Å². The van der Waals surface area contributed by atoms with Crippen LogP contribution in [0.25, 0.3) is 10.9 Å². The Morgan fingerprint density at radius 1 is 0.920 bits per heavy atom.